The highest BCUT2D eigenvalue weighted by Crippen LogP contribution is 2.31. The maximum absolute atomic E-state index is 4.40. The topological polar surface area (TPSA) is 25.8 Å². The van der Waals surface area contributed by atoms with E-state index in [0.29, 0.717) is 0 Å². The second-order valence-electron chi connectivity index (χ2n) is 6.66. The van der Waals surface area contributed by atoms with Crippen LogP contribution in [0.15, 0.2) is 54.9 Å². The van der Waals surface area contributed by atoms with Crippen molar-refractivity contribution in [3.8, 4) is 22.5 Å². The highest BCUT2D eigenvalue weighted by molar-refractivity contribution is 5.69. The van der Waals surface area contributed by atoms with Crippen LogP contribution < -0.4 is 0 Å². The number of fused-ring (bicyclic) bond motifs is 1. The highest BCUT2D eigenvalue weighted by atomic mass is 14.9. The molecule has 0 fully saturated rings. The standard InChI is InChI=1S/C21H20N2/c1-14-9-18-7-8-19(11-20(18)10-14)16-3-5-17(6-4-16)21-22-12-15(2)13-23-21/h3-8,11-14H,9-10H2,1-2H3. The van der Waals surface area contributed by atoms with Crippen molar-refractivity contribution in [2.75, 3.05) is 0 Å². The Hall–Kier alpha value is -2.48. The van der Waals surface area contributed by atoms with Crippen LogP contribution in [-0.2, 0) is 12.8 Å². The largest absolute Gasteiger partial charge is 0.236 e. The molecule has 1 unspecified atom stereocenters. The molecule has 0 amide bonds. The first-order valence-electron chi connectivity index (χ1n) is 8.20. The molecule has 0 bridgehead atoms. The number of nitrogens with zero attached hydrogens (tertiary/aromatic N) is 2. The molecule has 1 aliphatic rings. The fraction of sp³-hybridized carbons (Fsp3) is 0.238. The molecule has 114 valence electrons. The lowest BCUT2D eigenvalue weighted by atomic mass is 9.99. The number of rotatable bonds is 2. The maximum atomic E-state index is 4.40. The number of benzene rings is 2. The van der Waals surface area contributed by atoms with Crippen LogP contribution in [0.3, 0.4) is 0 Å². The molecule has 0 saturated heterocycles. The monoisotopic (exact) mass is 300 g/mol. The predicted octanol–water partition coefficient (Wildman–Crippen LogP) is 4.85. The number of aryl methyl sites for hydroxylation is 1. The van der Waals surface area contributed by atoms with Crippen molar-refractivity contribution < 1.29 is 0 Å². The molecule has 1 aliphatic carbocycles. The van der Waals surface area contributed by atoms with Gasteiger partial charge in [0.05, 0.1) is 0 Å². The van der Waals surface area contributed by atoms with Crippen molar-refractivity contribution >= 4 is 0 Å². The van der Waals surface area contributed by atoms with Gasteiger partial charge >= 0.3 is 0 Å². The molecule has 4 rings (SSSR count). The Morgan fingerprint density at radius 3 is 2.13 bits per heavy atom. The molecule has 23 heavy (non-hydrogen) atoms. The second-order valence-corrected chi connectivity index (χ2v) is 6.66. The maximum Gasteiger partial charge on any atom is 0.159 e. The molecule has 0 radical (unpaired) electrons. The number of aromatic nitrogens is 2. The van der Waals surface area contributed by atoms with E-state index in [4.69, 9.17) is 0 Å². The molecular formula is C21H20N2. The summed E-state index contributed by atoms with van der Waals surface area (Å²) in [5.41, 5.74) is 7.73. The summed E-state index contributed by atoms with van der Waals surface area (Å²) >= 11 is 0. The minimum Gasteiger partial charge on any atom is -0.236 e. The van der Waals surface area contributed by atoms with Crippen LogP contribution in [0.5, 0.6) is 0 Å². The third-order valence-electron chi connectivity index (χ3n) is 4.60. The van der Waals surface area contributed by atoms with Crippen LogP contribution >= 0.6 is 0 Å². The first-order valence-corrected chi connectivity index (χ1v) is 8.20. The van der Waals surface area contributed by atoms with Gasteiger partial charge in [0, 0.05) is 18.0 Å². The normalized spacial score (nSPS) is 16.3. The molecule has 2 heteroatoms. The van der Waals surface area contributed by atoms with E-state index >= 15 is 0 Å². The summed E-state index contributed by atoms with van der Waals surface area (Å²) in [6.45, 7) is 4.33. The van der Waals surface area contributed by atoms with Crippen LogP contribution in [0.25, 0.3) is 22.5 Å². The van der Waals surface area contributed by atoms with E-state index in [9.17, 15) is 0 Å². The van der Waals surface area contributed by atoms with E-state index in [1.54, 1.807) is 0 Å². The molecule has 0 spiro atoms. The summed E-state index contributed by atoms with van der Waals surface area (Å²) in [7, 11) is 0. The molecule has 2 nitrogen and oxygen atoms in total. The first kappa shape index (κ1) is 14.1. The van der Waals surface area contributed by atoms with Gasteiger partial charge in [-0.3, -0.25) is 0 Å². The van der Waals surface area contributed by atoms with Gasteiger partial charge in [0.2, 0.25) is 0 Å². The number of hydrogen-bond acceptors (Lipinski definition) is 2. The lowest BCUT2D eigenvalue weighted by Gasteiger charge is -2.07. The lowest BCUT2D eigenvalue weighted by molar-refractivity contribution is 0.628. The highest BCUT2D eigenvalue weighted by Gasteiger charge is 2.17. The van der Waals surface area contributed by atoms with Crippen molar-refractivity contribution in [3.63, 3.8) is 0 Å². The fourth-order valence-electron chi connectivity index (χ4n) is 3.37. The van der Waals surface area contributed by atoms with Crippen LogP contribution in [0, 0.1) is 12.8 Å². The van der Waals surface area contributed by atoms with Gasteiger partial charge in [0.15, 0.2) is 5.82 Å². The summed E-state index contributed by atoms with van der Waals surface area (Å²) in [6.07, 6.45) is 6.15. The summed E-state index contributed by atoms with van der Waals surface area (Å²) in [4.78, 5) is 8.79. The number of hydrogen-bond donors (Lipinski definition) is 0. The minimum absolute atomic E-state index is 0.779. The molecule has 3 aromatic rings. The van der Waals surface area contributed by atoms with E-state index in [1.165, 1.54) is 35.1 Å². The van der Waals surface area contributed by atoms with Crippen molar-refractivity contribution in [2.45, 2.75) is 26.7 Å². The van der Waals surface area contributed by atoms with Gasteiger partial charge in [-0.2, -0.15) is 0 Å². The Morgan fingerprint density at radius 2 is 1.39 bits per heavy atom. The molecule has 1 heterocycles. The van der Waals surface area contributed by atoms with Gasteiger partial charge in [-0.1, -0.05) is 49.4 Å². The zero-order chi connectivity index (χ0) is 15.8. The summed E-state index contributed by atoms with van der Waals surface area (Å²) in [6, 6.07) is 15.4. The Labute approximate surface area is 137 Å². The van der Waals surface area contributed by atoms with Crippen molar-refractivity contribution in [1.82, 2.24) is 9.97 Å². The zero-order valence-corrected chi connectivity index (χ0v) is 13.6. The Balaban J connectivity index is 1.64. The van der Waals surface area contributed by atoms with Crippen molar-refractivity contribution in [2.24, 2.45) is 5.92 Å². The zero-order valence-electron chi connectivity index (χ0n) is 13.6. The van der Waals surface area contributed by atoms with Crippen molar-refractivity contribution in [1.29, 1.82) is 0 Å². The molecular weight excluding hydrogens is 280 g/mol. The molecule has 1 aromatic heterocycles. The smallest absolute Gasteiger partial charge is 0.159 e. The molecule has 1 atom stereocenters. The first-order chi connectivity index (χ1) is 11.2. The molecule has 0 saturated carbocycles. The SMILES string of the molecule is Cc1cnc(-c2ccc(-c3ccc4c(c3)CC(C)C4)cc2)nc1. The molecule has 0 N–H and O–H groups in total. The van der Waals surface area contributed by atoms with E-state index in [2.05, 4.69) is 59.4 Å². The quantitative estimate of drug-likeness (QED) is 0.676. The van der Waals surface area contributed by atoms with Crippen LogP contribution in [0.1, 0.15) is 23.6 Å². The Bertz CT molecular complexity index is 833. The fourth-order valence-corrected chi connectivity index (χ4v) is 3.37. The predicted molar refractivity (Wildman–Crippen MR) is 94.2 cm³/mol. The van der Waals surface area contributed by atoms with Crippen LogP contribution in [-0.4, -0.2) is 9.97 Å². The van der Waals surface area contributed by atoms with Gasteiger partial charge < -0.3 is 0 Å². The van der Waals surface area contributed by atoms with Gasteiger partial charge in [0.25, 0.3) is 0 Å². The second kappa shape index (κ2) is 5.62. The van der Waals surface area contributed by atoms with Crippen molar-refractivity contribution in [3.05, 3.63) is 71.5 Å². The molecule has 0 aliphatic heterocycles. The van der Waals surface area contributed by atoms with Gasteiger partial charge in [-0.15, -0.1) is 0 Å². The van der Waals surface area contributed by atoms with Gasteiger partial charge in [0.1, 0.15) is 0 Å². The summed E-state index contributed by atoms with van der Waals surface area (Å²) in [5.74, 6) is 1.56. The third kappa shape index (κ3) is 2.77. The summed E-state index contributed by atoms with van der Waals surface area (Å²) in [5, 5.41) is 0. The lowest BCUT2D eigenvalue weighted by Crippen LogP contribution is -1.90. The Morgan fingerprint density at radius 1 is 0.783 bits per heavy atom. The van der Waals surface area contributed by atoms with E-state index in [0.717, 1.165) is 22.9 Å². The van der Waals surface area contributed by atoms with Crippen LogP contribution in [0.2, 0.25) is 0 Å². The summed E-state index contributed by atoms with van der Waals surface area (Å²) < 4.78 is 0. The van der Waals surface area contributed by atoms with Gasteiger partial charge in [-0.05, 0) is 53.5 Å². The van der Waals surface area contributed by atoms with E-state index < -0.39 is 0 Å². The third-order valence-corrected chi connectivity index (χ3v) is 4.60. The van der Waals surface area contributed by atoms with E-state index in [-0.39, 0.29) is 0 Å². The average molecular weight is 300 g/mol. The molecule has 2 aromatic carbocycles. The Kier molecular flexibility index (Phi) is 3.45. The van der Waals surface area contributed by atoms with E-state index in [1.807, 2.05) is 19.3 Å². The minimum atomic E-state index is 0.779. The average Bonchev–Trinajstić information content (AvgIpc) is 2.95. The van der Waals surface area contributed by atoms with Crippen LogP contribution in [0.4, 0.5) is 0 Å². The van der Waals surface area contributed by atoms with Gasteiger partial charge in [-0.25, -0.2) is 9.97 Å².